The molecular formula is C15H30N2. The normalized spacial score (nSPS) is 39.7. The summed E-state index contributed by atoms with van der Waals surface area (Å²) in [5.74, 6) is 2.67. The highest BCUT2D eigenvalue weighted by atomic mass is 15.1. The zero-order valence-electron chi connectivity index (χ0n) is 11.7. The van der Waals surface area contributed by atoms with E-state index in [4.69, 9.17) is 5.73 Å². The van der Waals surface area contributed by atoms with E-state index >= 15 is 0 Å². The number of hydrogen-bond donors (Lipinski definition) is 1. The summed E-state index contributed by atoms with van der Waals surface area (Å²) in [7, 11) is 0. The lowest BCUT2D eigenvalue weighted by Gasteiger charge is -2.36. The standard InChI is InChI=1S/C15H30N2/c1-3-12-5-6-15(16)14(9-12)11-17-8-7-13(4-2)10-17/h12-15H,3-11,16H2,1-2H3. The van der Waals surface area contributed by atoms with E-state index in [-0.39, 0.29) is 0 Å². The Morgan fingerprint density at radius 1 is 1.06 bits per heavy atom. The first kappa shape index (κ1) is 13.4. The Bertz CT molecular complexity index is 229. The van der Waals surface area contributed by atoms with Gasteiger partial charge in [-0.2, -0.15) is 0 Å². The van der Waals surface area contributed by atoms with E-state index in [1.807, 2.05) is 0 Å². The van der Waals surface area contributed by atoms with Crippen LogP contribution >= 0.6 is 0 Å². The van der Waals surface area contributed by atoms with Crippen LogP contribution in [0.3, 0.4) is 0 Å². The molecule has 2 rings (SSSR count). The fourth-order valence-electron chi connectivity index (χ4n) is 3.71. The van der Waals surface area contributed by atoms with Crippen molar-refractivity contribution in [1.82, 2.24) is 4.90 Å². The minimum absolute atomic E-state index is 0.471. The van der Waals surface area contributed by atoms with E-state index in [0.717, 1.165) is 17.8 Å². The second-order valence-corrected chi connectivity index (χ2v) is 6.33. The molecule has 2 heteroatoms. The summed E-state index contributed by atoms with van der Waals surface area (Å²) in [4.78, 5) is 2.68. The van der Waals surface area contributed by atoms with Gasteiger partial charge in [0.25, 0.3) is 0 Å². The van der Waals surface area contributed by atoms with Crippen molar-refractivity contribution < 1.29 is 0 Å². The third-order valence-corrected chi connectivity index (χ3v) is 5.17. The highest BCUT2D eigenvalue weighted by Gasteiger charge is 2.30. The van der Waals surface area contributed by atoms with Crippen molar-refractivity contribution in [3.05, 3.63) is 0 Å². The minimum Gasteiger partial charge on any atom is -0.327 e. The summed E-state index contributed by atoms with van der Waals surface area (Å²) in [6.07, 6.45) is 8.12. The van der Waals surface area contributed by atoms with E-state index < -0.39 is 0 Å². The predicted molar refractivity (Wildman–Crippen MR) is 73.9 cm³/mol. The average molecular weight is 238 g/mol. The first-order valence-corrected chi connectivity index (χ1v) is 7.70. The Labute approximate surface area is 107 Å². The molecule has 0 spiro atoms. The van der Waals surface area contributed by atoms with Gasteiger partial charge in [-0.15, -0.1) is 0 Å². The molecule has 0 radical (unpaired) electrons. The van der Waals surface area contributed by atoms with Gasteiger partial charge in [-0.25, -0.2) is 0 Å². The summed E-state index contributed by atoms with van der Waals surface area (Å²) < 4.78 is 0. The van der Waals surface area contributed by atoms with Crippen molar-refractivity contribution in [2.24, 2.45) is 23.5 Å². The number of rotatable bonds is 4. The largest absolute Gasteiger partial charge is 0.327 e. The molecule has 2 fully saturated rings. The molecule has 4 atom stereocenters. The molecule has 0 aromatic carbocycles. The summed E-state index contributed by atoms with van der Waals surface area (Å²) in [6.45, 7) is 8.58. The molecule has 2 N–H and O–H groups in total. The molecule has 1 heterocycles. The van der Waals surface area contributed by atoms with Gasteiger partial charge in [0.2, 0.25) is 0 Å². The molecule has 2 nitrogen and oxygen atoms in total. The van der Waals surface area contributed by atoms with E-state index in [9.17, 15) is 0 Å². The zero-order chi connectivity index (χ0) is 12.3. The molecule has 100 valence electrons. The van der Waals surface area contributed by atoms with Crippen molar-refractivity contribution in [1.29, 1.82) is 0 Å². The van der Waals surface area contributed by atoms with Crippen molar-refractivity contribution in [2.45, 2.75) is 58.4 Å². The van der Waals surface area contributed by atoms with Gasteiger partial charge in [-0.3, -0.25) is 0 Å². The van der Waals surface area contributed by atoms with Crippen LogP contribution in [0.1, 0.15) is 52.4 Å². The lowest BCUT2D eigenvalue weighted by molar-refractivity contribution is 0.168. The first-order valence-electron chi connectivity index (χ1n) is 7.70. The highest BCUT2D eigenvalue weighted by Crippen LogP contribution is 2.32. The Hall–Kier alpha value is -0.0800. The molecule has 0 amide bonds. The lowest BCUT2D eigenvalue weighted by Crippen LogP contribution is -2.42. The lowest BCUT2D eigenvalue weighted by atomic mass is 9.77. The van der Waals surface area contributed by atoms with Crippen molar-refractivity contribution >= 4 is 0 Å². The van der Waals surface area contributed by atoms with Gasteiger partial charge in [0.05, 0.1) is 0 Å². The Morgan fingerprint density at radius 3 is 2.47 bits per heavy atom. The van der Waals surface area contributed by atoms with Gasteiger partial charge in [0.15, 0.2) is 0 Å². The monoisotopic (exact) mass is 238 g/mol. The average Bonchev–Trinajstić information content (AvgIpc) is 2.80. The van der Waals surface area contributed by atoms with Crippen LogP contribution in [0.4, 0.5) is 0 Å². The van der Waals surface area contributed by atoms with Crippen LogP contribution in [0.2, 0.25) is 0 Å². The molecule has 0 bridgehead atoms. The zero-order valence-corrected chi connectivity index (χ0v) is 11.7. The Balaban J connectivity index is 1.80. The molecule has 4 unspecified atom stereocenters. The van der Waals surface area contributed by atoms with Crippen molar-refractivity contribution in [3.63, 3.8) is 0 Å². The molecular weight excluding hydrogens is 208 g/mol. The summed E-state index contributed by atoms with van der Waals surface area (Å²) in [5.41, 5.74) is 6.31. The summed E-state index contributed by atoms with van der Waals surface area (Å²) >= 11 is 0. The molecule has 0 aromatic rings. The molecule has 17 heavy (non-hydrogen) atoms. The fraction of sp³-hybridized carbons (Fsp3) is 1.00. The van der Waals surface area contributed by atoms with Crippen molar-refractivity contribution in [3.8, 4) is 0 Å². The molecule has 1 saturated heterocycles. The second kappa shape index (κ2) is 6.19. The molecule has 1 aliphatic heterocycles. The summed E-state index contributed by atoms with van der Waals surface area (Å²) in [6, 6.07) is 0.471. The van der Waals surface area contributed by atoms with Crippen LogP contribution in [0.25, 0.3) is 0 Å². The highest BCUT2D eigenvalue weighted by molar-refractivity contribution is 4.86. The molecule has 1 aliphatic carbocycles. The van der Waals surface area contributed by atoms with Crippen LogP contribution in [0.15, 0.2) is 0 Å². The topological polar surface area (TPSA) is 29.3 Å². The quantitative estimate of drug-likeness (QED) is 0.816. The Kier molecular flexibility index (Phi) is 4.87. The third-order valence-electron chi connectivity index (χ3n) is 5.17. The maximum Gasteiger partial charge on any atom is 0.00795 e. The second-order valence-electron chi connectivity index (χ2n) is 6.33. The summed E-state index contributed by atoms with van der Waals surface area (Å²) in [5, 5.41) is 0. The third kappa shape index (κ3) is 3.45. The van der Waals surface area contributed by atoms with Crippen LogP contribution < -0.4 is 5.73 Å². The van der Waals surface area contributed by atoms with Gasteiger partial charge in [-0.1, -0.05) is 26.7 Å². The van der Waals surface area contributed by atoms with E-state index in [1.54, 1.807) is 0 Å². The Morgan fingerprint density at radius 2 is 1.82 bits per heavy atom. The molecule has 0 aromatic heterocycles. The van der Waals surface area contributed by atoms with Crippen LogP contribution in [0, 0.1) is 17.8 Å². The smallest absolute Gasteiger partial charge is 0.00795 e. The van der Waals surface area contributed by atoms with E-state index in [0.29, 0.717) is 6.04 Å². The predicted octanol–water partition coefficient (Wildman–Crippen LogP) is 2.87. The van der Waals surface area contributed by atoms with Gasteiger partial charge in [-0.05, 0) is 50.0 Å². The van der Waals surface area contributed by atoms with Crippen molar-refractivity contribution in [2.75, 3.05) is 19.6 Å². The van der Waals surface area contributed by atoms with E-state index in [1.165, 1.54) is 58.2 Å². The number of likely N-dealkylation sites (tertiary alicyclic amines) is 1. The number of nitrogens with two attached hydrogens (primary N) is 1. The fourth-order valence-corrected chi connectivity index (χ4v) is 3.71. The minimum atomic E-state index is 0.471. The maximum atomic E-state index is 6.31. The van der Waals surface area contributed by atoms with Crippen LogP contribution in [0.5, 0.6) is 0 Å². The van der Waals surface area contributed by atoms with Gasteiger partial charge >= 0.3 is 0 Å². The number of nitrogens with zero attached hydrogens (tertiary/aromatic N) is 1. The first-order chi connectivity index (χ1) is 8.22. The number of hydrogen-bond acceptors (Lipinski definition) is 2. The molecule has 2 aliphatic rings. The molecule has 1 saturated carbocycles. The van der Waals surface area contributed by atoms with Crippen LogP contribution in [-0.4, -0.2) is 30.6 Å². The van der Waals surface area contributed by atoms with Gasteiger partial charge in [0.1, 0.15) is 0 Å². The SMILES string of the molecule is CCC1CCC(N)C(CN2CCC(CC)C2)C1. The van der Waals surface area contributed by atoms with Gasteiger partial charge < -0.3 is 10.6 Å². The van der Waals surface area contributed by atoms with Gasteiger partial charge in [0, 0.05) is 19.1 Å². The van der Waals surface area contributed by atoms with Crippen LogP contribution in [-0.2, 0) is 0 Å². The maximum absolute atomic E-state index is 6.31. The van der Waals surface area contributed by atoms with E-state index in [2.05, 4.69) is 18.7 Å².